The van der Waals surface area contributed by atoms with E-state index >= 15 is 0 Å². The van der Waals surface area contributed by atoms with Gasteiger partial charge >= 0.3 is 97.9 Å². The summed E-state index contributed by atoms with van der Waals surface area (Å²) in [6.07, 6.45) is 4.09. The normalized spacial score (nSPS) is 28.8. The van der Waals surface area contributed by atoms with E-state index in [4.69, 9.17) is 3.07 Å². The van der Waals surface area contributed by atoms with Crippen LogP contribution in [0.5, 0.6) is 0 Å². The van der Waals surface area contributed by atoms with Crippen molar-refractivity contribution < 1.29 is 3.07 Å². The van der Waals surface area contributed by atoms with Gasteiger partial charge in [0.15, 0.2) is 0 Å². The average Bonchev–Trinajstić information content (AvgIpc) is 2.15. The first-order valence-corrected chi connectivity index (χ1v) is 13.7. The third kappa shape index (κ3) is 3.87. The van der Waals surface area contributed by atoms with Gasteiger partial charge in [-0.05, 0) is 0 Å². The van der Waals surface area contributed by atoms with Gasteiger partial charge in [0, 0.05) is 0 Å². The molecule has 0 aromatic carbocycles. The van der Waals surface area contributed by atoms with Crippen LogP contribution < -0.4 is 10.6 Å². The predicted octanol–water partition coefficient (Wildman–Crippen LogP) is 1.33. The molecule has 0 aromatic rings. The van der Waals surface area contributed by atoms with Gasteiger partial charge in [-0.1, -0.05) is 0 Å². The first kappa shape index (κ1) is 12.1. The van der Waals surface area contributed by atoms with Crippen LogP contribution in [0.25, 0.3) is 0 Å². The van der Waals surface area contributed by atoms with Crippen LogP contribution in [-0.2, 0) is 3.07 Å². The van der Waals surface area contributed by atoms with Crippen LogP contribution in [0.3, 0.4) is 0 Å². The molecule has 0 aliphatic carbocycles. The van der Waals surface area contributed by atoms with E-state index in [-0.39, 0.29) is 0 Å². The van der Waals surface area contributed by atoms with Crippen molar-refractivity contribution in [1.82, 2.24) is 10.6 Å². The summed E-state index contributed by atoms with van der Waals surface area (Å²) in [5.41, 5.74) is 0. The van der Waals surface area contributed by atoms with Gasteiger partial charge in [-0.15, -0.1) is 0 Å². The fourth-order valence-electron chi connectivity index (χ4n) is 2.79. The Balaban J connectivity index is 1.92. The van der Waals surface area contributed by atoms with Gasteiger partial charge in [-0.2, -0.15) is 0 Å². The Labute approximate surface area is 97.8 Å². The molecule has 1 spiro atoms. The first-order chi connectivity index (χ1) is 7.41. The number of rotatable bonds is 0. The summed E-state index contributed by atoms with van der Waals surface area (Å²) in [5, 5.41) is 6.94. The number of nitrogens with one attached hydrogen (secondary N) is 2. The monoisotopic (exact) mass is 320 g/mol. The summed E-state index contributed by atoms with van der Waals surface area (Å²) >= 11 is -2.10. The van der Waals surface area contributed by atoms with Gasteiger partial charge < -0.3 is 0 Å². The van der Waals surface area contributed by atoms with Crippen LogP contribution in [0, 0.1) is 0 Å². The minimum atomic E-state index is -2.10. The van der Waals surface area contributed by atoms with Gasteiger partial charge in [0.25, 0.3) is 0 Å². The SMILES string of the molecule is C1CNCC[CH2][Sn]2([CH2]1)[CH2]CCNCC[O]2. The van der Waals surface area contributed by atoms with Crippen molar-refractivity contribution in [3.8, 4) is 0 Å². The van der Waals surface area contributed by atoms with E-state index in [9.17, 15) is 0 Å². The van der Waals surface area contributed by atoms with Crippen LogP contribution in [-0.4, -0.2) is 51.6 Å². The molecule has 0 amide bonds. The van der Waals surface area contributed by atoms with Gasteiger partial charge in [-0.25, -0.2) is 0 Å². The van der Waals surface area contributed by atoms with Gasteiger partial charge in [0.1, 0.15) is 0 Å². The number of hydrogen-bond donors (Lipinski definition) is 2. The molecule has 2 aliphatic rings. The molecule has 2 saturated heterocycles. The first-order valence-electron chi connectivity index (χ1n) is 6.47. The fraction of sp³-hybridized carbons (Fsp3) is 1.00. The molecule has 3 nitrogen and oxygen atoms in total. The molecule has 2 aliphatic heterocycles. The fourth-order valence-corrected chi connectivity index (χ4v) is 14.7. The zero-order chi connectivity index (χ0) is 10.4. The summed E-state index contributed by atoms with van der Waals surface area (Å²) < 4.78 is 10.7. The minimum absolute atomic E-state index is 0.990. The van der Waals surface area contributed by atoms with Crippen LogP contribution in [0.4, 0.5) is 0 Å². The summed E-state index contributed by atoms with van der Waals surface area (Å²) in [6.45, 7) is 5.74. The maximum absolute atomic E-state index is 6.37. The van der Waals surface area contributed by atoms with Gasteiger partial charge in [0.05, 0.1) is 0 Å². The van der Waals surface area contributed by atoms with Crippen molar-refractivity contribution in [2.45, 2.75) is 32.6 Å². The Hall–Kier alpha value is 0.679. The molecule has 2 rings (SSSR count). The van der Waals surface area contributed by atoms with E-state index in [1.807, 2.05) is 0 Å². The Bertz CT molecular complexity index is 150. The predicted molar refractivity (Wildman–Crippen MR) is 65.7 cm³/mol. The molecule has 15 heavy (non-hydrogen) atoms. The zero-order valence-corrected chi connectivity index (χ0v) is 12.5. The van der Waals surface area contributed by atoms with E-state index in [0.717, 1.165) is 13.2 Å². The number of hydrogen-bond acceptors (Lipinski definition) is 3. The molecule has 2 heterocycles. The third-order valence-corrected chi connectivity index (χ3v) is 16.8. The van der Waals surface area contributed by atoms with Gasteiger partial charge in [-0.3, -0.25) is 0 Å². The Morgan fingerprint density at radius 3 is 1.87 bits per heavy atom. The molecule has 2 N–H and O–H groups in total. The summed E-state index contributed by atoms with van der Waals surface area (Å²) in [4.78, 5) is 0. The standard InChI is InChI=1S/C6H13N.C5H11NO.Sn/c1-3-5-7-6-4-2;1-2-3-6-4-5-7;/h7H,1-6H2;6H,1-5H2;/q;-1;+1. The molecular weight excluding hydrogens is 295 g/mol. The van der Waals surface area contributed by atoms with E-state index in [1.165, 1.54) is 52.2 Å². The molecule has 0 bridgehead atoms. The second kappa shape index (κ2) is 6.42. The molecule has 88 valence electrons. The van der Waals surface area contributed by atoms with E-state index < -0.39 is 18.8 Å². The Kier molecular flexibility index (Phi) is 5.20. The summed E-state index contributed by atoms with van der Waals surface area (Å²) in [6, 6.07) is 0. The molecule has 4 heteroatoms. The third-order valence-electron chi connectivity index (χ3n) is 3.64. The van der Waals surface area contributed by atoms with Crippen LogP contribution in [0.15, 0.2) is 0 Å². The molecule has 2 fully saturated rings. The van der Waals surface area contributed by atoms with Crippen molar-refractivity contribution in [3.05, 3.63) is 0 Å². The molecule has 0 atom stereocenters. The molecular formula is C11H24N2OSn. The summed E-state index contributed by atoms with van der Waals surface area (Å²) in [5.74, 6) is 0. The van der Waals surface area contributed by atoms with Gasteiger partial charge in [0.2, 0.25) is 0 Å². The van der Waals surface area contributed by atoms with E-state index in [1.54, 1.807) is 0 Å². The molecule has 0 saturated carbocycles. The topological polar surface area (TPSA) is 33.3 Å². The molecule has 0 radical (unpaired) electrons. The van der Waals surface area contributed by atoms with Crippen molar-refractivity contribution >= 4 is 18.8 Å². The summed E-state index contributed by atoms with van der Waals surface area (Å²) in [7, 11) is 0. The van der Waals surface area contributed by atoms with Crippen molar-refractivity contribution in [2.75, 3.05) is 32.8 Å². The zero-order valence-electron chi connectivity index (χ0n) is 9.69. The van der Waals surface area contributed by atoms with Crippen LogP contribution in [0.2, 0.25) is 13.3 Å². The quantitative estimate of drug-likeness (QED) is 0.661. The Morgan fingerprint density at radius 1 is 0.733 bits per heavy atom. The van der Waals surface area contributed by atoms with Crippen molar-refractivity contribution in [3.63, 3.8) is 0 Å². The van der Waals surface area contributed by atoms with E-state index in [0.29, 0.717) is 0 Å². The Morgan fingerprint density at radius 2 is 1.27 bits per heavy atom. The molecule has 0 aromatic heterocycles. The van der Waals surface area contributed by atoms with Crippen LogP contribution >= 0.6 is 0 Å². The second-order valence-electron chi connectivity index (χ2n) is 4.84. The molecule has 0 unspecified atom stereocenters. The van der Waals surface area contributed by atoms with E-state index in [2.05, 4.69) is 10.6 Å². The average molecular weight is 319 g/mol. The second-order valence-corrected chi connectivity index (χ2v) is 16.7. The van der Waals surface area contributed by atoms with Crippen LogP contribution in [0.1, 0.15) is 19.3 Å². The van der Waals surface area contributed by atoms with Crippen molar-refractivity contribution in [1.29, 1.82) is 0 Å². The maximum atomic E-state index is 6.37. The van der Waals surface area contributed by atoms with Crippen molar-refractivity contribution in [2.24, 2.45) is 0 Å².